The molecule has 1 saturated heterocycles. The second-order valence-electron chi connectivity index (χ2n) is 9.33. The molecule has 0 unspecified atom stereocenters. The predicted molar refractivity (Wildman–Crippen MR) is 130 cm³/mol. The van der Waals surface area contributed by atoms with Crippen LogP contribution in [0.5, 0.6) is 0 Å². The molecule has 0 aliphatic carbocycles. The lowest BCUT2D eigenvalue weighted by molar-refractivity contribution is 0.0495. The number of alkyl carbamates (subject to hydrolysis) is 1. The summed E-state index contributed by atoms with van der Waals surface area (Å²) >= 11 is 7.62. The van der Waals surface area contributed by atoms with Crippen LogP contribution in [0.4, 0.5) is 22.1 Å². The number of anilines is 3. The van der Waals surface area contributed by atoms with E-state index in [2.05, 4.69) is 27.1 Å². The third kappa shape index (κ3) is 6.32. The Kier molecular flexibility index (Phi) is 7.29. The molecule has 1 aliphatic heterocycles. The number of amides is 1. The number of aromatic nitrogens is 2. The van der Waals surface area contributed by atoms with Gasteiger partial charge in [-0.1, -0.05) is 36.4 Å². The van der Waals surface area contributed by atoms with E-state index in [0.29, 0.717) is 28.1 Å². The molecule has 1 aliphatic rings. The topological polar surface area (TPSA) is 119 Å². The zero-order valence-electron chi connectivity index (χ0n) is 18.9. The Labute approximate surface area is 198 Å². The van der Waals surface area contributed by atoms with Gasteiger partial charge >= 0.3 is 6.09 Å². The third-order valence-electron chi connectivity index (χ3n) is 5.30. The van der Waals surface area contributed by atoms with Gasteiger partial charge < -0.3 is 26.4 Å². The lowest BCUT2D eigenvalue weighted by atomic mass is 9.80. The fourth-order valence-electron chi connectivity index (χ4n) is 3.38. The van der Waals surface area contributed by atoms with Gasteiger partial charge in [-0.2, -0.15) is 0 Å². The lowest BCUT2D eigenvalue weighted by Gasteiger charge is -2.40. The number of carbonyl (C=O) groups excluding carboxylic acids is 1. The molecular formula is C22H31ClN6O2S. The zero-order chi connectivity index (χ0) is 23.5. The maximum Gasteiger partial charge on any atom is 0.407 e. The summed E-state index contributed by atoms with van der Waals surface area (Å²) in [6, 6.07) is 5.46. The molecule has 8 nitrogen and oxygen atoms in total. The van der Waals surface area contributed by atoms with Crippen molar-refractivity contribution in [3.63, 3.8) is 0 Å². The number of piperidine rings is 1. The number of halogens is 1. The summed E-state index contributed by atoms with van der Waals surface area (Å²) < 4.78 is 5.34. The van der Waals surface area contributed by atoms with Crippen molar-refractivity contribution in [3.8, 4) is 0 Å². The molecule has 0 bridgehead atoms. The van der Waals surface area contributed by atoms with Crippen molar-refractivity contribution in [2.45, 2.75) is 56.1 Å². The molecule has 1 aromatic heterocycles. The van der Waals surface area contributed by atoms with Crippen LogP contribution in [0.15, 0.2) is 34.3 Å². The number of nitrogens with one attached hydrogen (secondary N) is 1. The number of ether oxygens (including phenoxy) is 1. The summed E-state index contributed by atoms with van der Waals surface area (Å²) in [5, 5.41) is 3.97. The quantitative estimate of drug-likeness (QED) is 0.534. The normalized spacial score (nSPS) is 16.0. The molecule has 2 heterocycles. The molecule has 0 saturated carbocycles. The van der Waals surface area contributed by atoms with Crippen LogP contribution in [0.3, 0.4) is 0 Å². The van der Waals surface area contributed by atoms with Crippen LogP contribution in [-0.4, -0.2) is 41.3 Å². The van der Waals surface area contributed by atoms with Gasteiger partial charge in [-0.05, 0) is 51.2 Å². The van der Waals surface area contributed by atoms with E-state index >= 15 is 0 Å². The average molecular weight is 479 g/mol. The van der Waals surface area contributed by atoms with Gasteiger partial charge in [0.25, 0.3) is 0 Å². The first-order valence-electron chi connectivity index (χ1n) is 10.5. The van der Waals surface area contributed by atoms with Crippen LogP contribution in [-0.2, 0) is 4.74 Å². The Hall–Kier alpha value is -2.39. The minimum absolute atomic E-state index is 0.00778. The molecule has 5 N–H and O–H groups in total. The van der Waals surface area contributed by atoms with Crippen molar-refractivity contribution in [2.75, 3.05) is 36.0 Å². The molecular weight excluding hydrogens is 448 g/mol. The van der Waals surface area contributed by atoms with Crippen molar-refractivity contribution in [1.82, 2.24) is 15.3 Å². The number of nitrogen functional groups attached to an aromatic ring is 2. The van der Waals surface area contributed by atoms with E-state index in [1.807, 2.05) is 32.9 Å². The Morgan fingerprint density at radius 3 is 2.62 bits per heavy atom. The molecule has 1 aromatic carbocycles. The standard InChI is InChI=1S/C22H31ClN6O2S/c1-21(2,3)31-20(30)27-13-22(4)8-10-29(11-9-22)16-12-26-19(18(25)28-16)32-15-7-5-6-14(24)17(15)23/h5-7,12H,8-11,13,24H2,1-4H3,(H2,25,28)(H,27,30). The number of hydrogen-bond donors (Lipinski definition) is 3. The van der Waals surface area contributed by atoms with E-state index < -0.39 is 5.60 Å². The Morgan fingerprint density at radius 1 is 1.31 bits per heavy atom. The van der Waals surface area contributed by atoms with Gasteiger partial charge in [0.2, 0.25) is 0 Å². The third-order valence-corrected chi connectivity index (χ3v) is 6.91. The van der Waals surface area contributed by atoms with Crippen LogP contribution in [0, 0.1) is 5.41 Å². The highest BCUT2D eigenvalue weighted by Gasteiger charge is 2.32. The van der Waals surface area contributed by atoms with E-state index in [1.165, 1.54) is 11.8 Å². The summed E-state index contributed by atoms with van der Waals surface area (Å²) in [6.45, 7) is 9.91. The summed E-state index contributed by atoms with van der Waals surface area (Å²) in [4.78, 5) is 24.0. The fourth-order valence-corrected chi connectivity index (χ4v) is 4.44. The molecule has 32 heavy (non-hydrogen) atoms. The van der Waals surface area contributed by atoms with Gasteiger partial charge in [0.15, 0.2) is 5.82 Å². The van der Waals surface area contributed by atoms with Crippen molar-refractivity contribution in [2.24, 2.45) is 5.41 Å². The molecule has 3 rings (SSSR count). The Balaban J connectivity index is 1.58. The van der Waals surface area contributed by atoms with Crippen molar-refractivity contribution in [1.29, 1.82) is 0 Å². The SMILES string of the molecule is CC1(CNC(=O)OC(C)(C)C)CCN(c2cnc(Sc3cccc(N)c3Cl)c(N)n2)CC1. The van der Waals surface area contributed by atoms with Crippen molar-refractivity contribution in [3.05, 3.63) is 29.4 Å². The highest BCUT2D eigenvalue weighted by atomic mass is 35.5. The maximum atomic E-state index is 12.0. The Bertz CT molecular complexity index is 973. The predicted octanol–water partition coefficient (Wildman–Crippen LogP) is 4.58. The van der Waals surface area contributed by atoms with Gasteiger partial charge in [-0.3, -0.25) is 0 Å². The summed E-state index contributed by atoms with van der Waals surface area (Å²) in [5.41, 5.74) is 12.1. The van der Waals surface area contributed by atoms with E-state index in [1.54, 1.807) is 12.3 Å². The highest BCUT2D eigenvalue weighted by Crippen LogP contribution is 2.38. The number of benzene rings is 1. The molecule has 1 amide bonds. The highest BCUT2D eigenvalue weighted by molar-refractivity contribution is 7.99. The van der Waals surface area contributed by atoms with Crippen LogP contribution >= 0.6 is 23.4 Å². The van der Waals surface area contributed by atoms with Crippen LogP contribution in [0.25, 0.3) is 0 Å². The number of nitrogens with zero attached hydrogens (tertiary/aromatic N) is 3. The van der Waals surface area contributed by atoms with E-state index in [4.69, 9.17) is 27.8 Å². The van der Waals surface area contributed by atoms with Crippen LogP contribution in [0.1, 0.15) is 40.5 Å². The number of carbonyl (C=O) groups is 1. The first-order chi connectivity index (χ1) is 15.0. The van der Waals surface area contributed by atoms with Gasteiger partial charge in [-0.25, -0.2) is 14.8 Å². The fraction of sp³-hybridized carbons (Fsp3) is 0.500. The lowest BCUT2D eigenvalue weighted by Crippen LogP contribution is -2.46. The second-order valence-corrected chi connectivity index (χ2v) is 10.7. The molecule has 2 aromatic rings. The molecule has 0 spiro atoms. The molecule has 1 fully saturated rings. The number of rotatable bonds is 5. The molecule has 10 heteroatoms. The average Bonchev–Trinajstić information content (AvgIpc) is 2.71. The van der Waals surface area contributed by atoms with Gasteiger partial charge in [0.1, 0.15) is 16.4 Å². The smallest absolute Gasteiger partial charge is 0.407 e. The first kappa shape index (κ1) is 24.3. The zero-order valence-corrected chi connectivity index (χ0v) is 20.5. The second kappa shape index (κ2) is 9.62. The van der Waals surface area contributed by atoms with Gasteiger partial charge in [-0.15, -0.1) is 0 Å². The first-order valence-corrected chi connectivity index (χ1v) is 11.7. The van der Waals surface area contributed by atoms with Gasteiger partial charge in [0, 0.05) is 24.5 Å². The van der Waals surface area contributed by atoms with Crippen LogP contribution in [0.2, 0.25) is 5.02 Å². The maximum absolute atomic E-state index is 12.0. The van der Waals surface area contributed by atoms with Crippen LogP contribution < -0.4 is 21.7 Å². The van der Waals surface area contributed by atoms with Gasteiger partial charge in [0.05, 0.1) is 16.9 Å². The summed E-state index contributed by atoms with van der Waals surface area (Å²) in [5.74, 6) is 1.10. The minimum atomic E-state index is -0.504. The minimum Gasteiger partial charge on any atom is -0.444 e. The molecule has 174 valence electrons. The summed E-state index contributed by atoms with van der Waals surface area (Å²) in [7, 11) is 0. The number of nitrogens with two attached hydrogens (primary N) is 2. The van der Waals surface area contributed by atoms with E-state index in [0.717, 1.165) is 36.6 Å². The van der Waals surface area contributed by atoms with E-state index in [-0.39, 0.29) is 11.5 Å². The van der Waals surface area contributed by atoms with Crippen molar-refractivity contribution >= 4 is 46.8 Å². The molecule has 0 radical (unpaired) electrons. The van der Waals surface area contributed by atoms with Crippen molar-refractivity contribution < 1.29 is 9.53 Å². The van der Waals surface area contributed by atoms with E-state index in [9.17, 15) is 4.79 Å². The summed E-state index contributed by atoms with van der Waals surface area (Å²) in [6.07, 6.45) is 3.16. The monoisotopic (exact) mass is 478 g/mol. The number of hydrogen-bond acceptors (Lipinski definition) is 8. The molecule has 0 atom stereocenters. The largest absolute Gasteiger partial charge is 0.444 e. The Morgan fingerprint density at radius 2 is 2.00 bits per heavy atom.